The number of carbonyl (C=O) groups is 1. The minimum absolute atomic E-state index is 0.191. The number of halogens is 2. The Labute approximate surface area is 111 Å². The second-order valence-electron chi connectivity index (χ2n) is 4.57. The summed E-state index contributed by atoms with van der Waals surface area (Å²) < 4.78 is 25.9. The maximum absolute atomic E-state index is 13.1. The van der Waals surface area contributed by atoms with Gasteiger partial charge in [-0.1, -0.05) is 6.07 Å². The highest BCUT2D eigenvalue weighted by atomic mass is 19.2. The van der Waals surface area contributed by atoms with Crippen LogP contribution in [0.15, 0.2) is 18.2 Å². The van der Waals surface area contributed by atoms with E-state index in [4.69, 9.17) is 0 Å². The van der Waals surface area contributed by atoms with Gasteiger partial charge in [0.1, 0.15) is 0 Å². The highest BCUT2D eigenvalue weighted by molar-refractivity contribution is 5.74. The predicted octanol–water partition coefficient (Wildman–Crippen LogP) is 2.05. The lowest BCUT2D eigenvalue weighted by Gasteiger charge is -2.22. The molecule has 0 bridgehead atoms. The van der Waals surface area contributed by atoms with Crippen molar-refractivity contribution >= 4 is 6.03 Å². The number of carbonyl (C=O) groups excluding carboxylic acids is 1. The summed E-state index contributed by atoms with van der Waals surface area (Å²) in [6.45, 7) is 3.43. The molecule has 0 aliphatic carbocycles. The van der Waals surface area contributed by atoms with Crippen LogP contribution < -0.4 is 5.32 Å². The summed E-state index contributed by atoms with van der Waals surface area (Å²) in [5.74, 6) is -1.87. The van der Waals surface area contributed by atoms with Crippen LogP contribution in [0.3, 0.4) is 0 Å². The van der Waals surface area contributed by atoms with E-state index in [9.17, 15) is 18.7 Å². The van der Waals surface area contributed by atoms with Gasteiger partial charge in [-0.15, -0.1) is 0 Å². The standard InChI is InChI=1S/C13H18F2N2O2/c1-8(18)7-17(3)13(19)16-9(2)10-4-5-11(14)12(15)6-10/h4-6,8-9,18H,7H2,1-3H3,(H,16,19). The lowest BCUT2D eigenvalue weighted by molar-refractivity contribution is 0.142. The molecular weight excluding hydrogens is 254 g/mol. The number of aliphatic hydroxyl groups is 1. The van der Waals surface area contributed by atoms with Crippen molar-refractivity contribution in [1.29, 1.82) is 0 Å². The third kappa shape index (κ3) is 4.48. The van der Waals surface area contributed by atoms with Crippen molar-refractivity contribution in [2.75, 3.05) is 13.6 Å². The molecular formula is C13H18F2N2O2. The molecule has 0 saturated carbocycles. The van der Waals surface area contributed by atoms with E-state index in [0.29, 0.717) is 5.56 Å². The molecule has 106 valence electrons. The Morgan fingerprint density at radius 1 is 1.37 bits per heavy atom. The first-order valence-corrected chi connectivity index (χ1v) is 5.96. The Morgan fingerprint density at radius 2 is 2.00 bits per heavy atom. The fourth-order valence-electron chi connectivity index (χ4n) is 1.64. The summed E-state index contributed by atoms with van der Waals surface area (Å²) in [5.41, 5.74) is 0.470. The zero-order chi connectivity index (χ0) is 14.6. The molecule has 19 heavy (non-hydrogen) atoms. The monoisotopic (exact) mass is 272 g/mol. The van der Waals surface area contributed by atoms with Crippen molar-refractivity contribution in [3.63, 3.8) is 0 Å². The number of amides is 2. The second kappa shape index (κ2) is 6.47. The third-order valence-electron chi connectivity index (χ3n) is 2.67. The van der Waals surface area contributed by atoms with Crippen LogP contribution in [0.2, 0.25) is 0 Å². The van der Waals surface area contributed by atoms with Crippen molar-refractivity contribution in [3.05, 3.63) is 35.4 Å². The minimum Gasteiger partial charge on any atom is -0.392 e. The molecule has 6 heteroatoms. The molecule has 0 aliphatic rings. The van der Waals surface area contributed by atoms with Crippen molar-refractivity contribution in [2.24, 2.45) is 0 Å². The largest absolute Gasteiger partial charge is 0.392 e. The number of aliphatic hydroxyl groups excluding tert-OH is 1. The predicted molar refractivity (Wildman–Crippen MR) is 67.6 cm³/mol. The molecule has 2 N–H and O–H groups in total. The van der Waals surface area contributed by atoms with Crippen LogP contribution in [-0.2, 0) is 0 Å². The number of nitrogens with one attached hydrogen (secondary N) is 1. The molecule has 0 fully saturated rings. The zero-order valence-electron chi connectivity index (χ0n) is 11.2. The minimum atomic E-state index is -0.948. The lowest BCUT2D eigenvalue weighted by atomic mass is 10.1. The molecule has 2 unspecified atom stereocenters. The third-order valence-corrected chi connectivity index (χ3v) is 2.67. The van der Waals surface area contributed by atoms with E-state index in [1.165, 1.54) is 11.0 Å². The summed E-state index contributed by atoms with van der Waals surface area (Å²) in [7, 11) is 1.54. The molecule has 0 spiro atoms. The van der Waals surface area contributed by atoms with Crippen molar-refractivity contribution in [3.8, 4) is 0 Å². The van der Waals surface area contributed by atoms with Gasteiger partial charge in [0.05, 0.1) is 12.1 Å². The summed E-state index contributed by atoms with van der Waals surface area (Å²) in [4.78, 5) is 13.1. The summed E-state index contributed by atoms with van der Waals surface area (Å²) in [6, 6.07) is 2.64. The molecule has 1 aromatic carbocycles. The van der Waals surface area contributed by atoms with Crippen molar-refractivity contribution < 1.29 is 18.7 Å². The number of likely N-dealkylation sites (N-methyl/N-ethyl adjacent to an activating group) is 1. The van der Waals surface area contributed by atoms with E-state index in [-0.39, 0.29) is 6.54 Å². The lowest BCUT2D eigenvalue weighted by Crippen LogP contribution is -2.41. The van der Waals surface area contributed by atoms with E-state index in [2.05, 4.69) is 5.32 Å². The average Bonchev–Trinajstić information content (AvgIpc) is 2.31. The number of urea groups is 1. The highest BCUT2D eigenvalue weighted by Gasteiger charge is 2.15. The van der Waals surface area contributed by atoms with E-state index < -0.39 is 29.8 Å². The van der Waals surface area contributed by atoms with Crippen LogP contribution in [0.5, 0.6) is 0 Å². The number of rotatable bonds is 4. The van der Waals surface area contributed by atoms with E-state index in [0.717, 1.165) is 12.1 Å². The molecule has 0 heterocycles. The summed E-state index contributed by atoms with van der Waals surface area (Å²) in [5, 5.41) is 11.8. The fraction of sp³-hybridized carbons (Fsp3) is 0.462. The second-order valence-corrected chi connectivity index (χ2v) is 4.57. The fourth-order valence-corrected chi connectivity index (χ4v) is 1.64. The van der Waals surface area contributed by atoms with Crippen LogP contribution in [0.25, 0.3) is 0 Å². The van der Waals surface area contributed by atoms with Crippen LogP contribution in [0.1, 0.15) is 25.5 Å². The maximum Gasteiger partial charge on any atom is 0.317 e. The Morgan fingerprint density at radius 3 is 2.53 bits per heavy atom. The van der Waals surface area contributed by atoms with Crippen LogP contribution >= 0.6 is 0 Å². The Bertz CT molecular complexity index is 452. The Kier molecular flexibility index (Phi) is 5.23. The molecule has 0 radical (unpaired) electrons. The normalized spacial score (nSPS) is 13.8. The van der Waals surface area contributed by atoms with Crippen molar-refractivity contribution in [1.82, 2.24) is 10.2 Å². The van der Waals surface area contributed by atoms with Crippen LogP contribution in [0, 0.1) is 11.6 Å². The molecule has 0 saturated heterocycles. The molecule has 0 aromatic heterocycles. The van der Waals surface area contributed by atoms with Crippen LogP contribution in [0.4, 0.5) is 13.6 Å². The summed E-state index contributed by atoms with van der Waals surface area (Å²) in [6.07, 6.45) is -0.630. The van der Waals surface area contributed by atoms with Gasteiger partial charge in [0.15, 0.2) is 11.6 Å². The Balaban J connectivity index is 2.66. The molecule has 4 nitrogen and oxygen atoms in total. The first-order valence-electron chi connectivity index (χ1n) is 5.96. The first kappa shape index (κ1) is 15.4. The van der Waals surface area contributed by atoms with Crippen LogP contribution in [-0.4, -0.2) is 35.7 Å². The van der Waals surface area contributed by atoms with Gasteiger partial charge in [-0.3, -0.25) is 0 Å². The maximum atomic E-state index is 13.1. The molecule has 2 amide bonds. The SMILES string of the molecule is CC(O)CN(C)C(=O)NC(C)c1ccc(F)c(F)c1. The van der Waals surface area contributed by atoms with Gasteiger partial charge in [-0.05, 0) is 31.5 Å². The van der Waals surface area contributed by atoms with E-state index in [1.54, 1.807) is 20.9 Å². The van der Waals surface area contributed by atoms with Gasteiger partial charge in [-0.25, -0.2) is 13.6 Å². The topological polar surface area (TPSA) is 52.6 Å². The number of hydrogen-bond acceptors (Lipinski definition) is 2. The molecule has 1 aromatic rings. The quantitative estimate of drug-likeness (QED) is 0.881. The van der Waals surface area contributed by atoms with E-state index in [1.807, 2.05) is 0 Å². The highest BCUT2D eigenvalue weighted by Crippen LogP contribution is 2.16. The van der Waals surface area contributed by atoms with Crippen molar-refractivity contribution in [2.45, 2.75) is 26.0 Å². The van der Waals surface area contributed by atoms with Gasteiger partial charge in [0.25, 0.3) is 0 Å². The van der Waals surface area contributed by atoms with E-state index >= 15 is 0 Å². The number of nitrogens with zero attached hydrogens (tertiary/aromatic N) is 1. The number of hydrogen-bond donors (Lipinski definition) is 2. The van der Waals surface area contributed by atoms with Gasteiger partial charge in [0, 0.05) is 13.6 Å². The molecule has 0 aliphatic heterocycles. The van der Waals surface area contributed by atoms with Gasteiger partial charge < -0.3 is 15.3 Å². The summed E-state index contributed by atoms with van der Waals surface area (Å²) >= 11 is 0. The van der Waals surface area contributed by atoms with Gasteiger partial charge in [-0.2, -0.15) is 0 Å². The average molecular weight is 272 g/mol. The molecule has 1 rings (SSSR count). The first-order chi connectivity index (χ1) is 8.81. The molecule has 2 atom stereocenters. The number of benzene rings is 1. The van der Waals surface area contributed by atoms with Gasteiger partial charge in [0.2, 0.25) is 0 Å². The Hall–Kier alpha value is -1.69. The zero-order valence-corrected chi connectivity index (χ0v) is 11.2. The van der Waals surface area contributed by atoms with Gasteiger partial charge >= 0.3 is 6.03 Å². The smallest absolute Gasteiger partial charge is 0.317 e.